The second-order valence-corrected chi connectivity index (χ2v) is 7.37. The van der Waals surface area contributed by atoms with E-state index in [0.29, 0.717) is 23.5 Å². The van der Waals surface area contributed by atoms with Crippen molar-refractivity contribution in [1.82, 2.24) is 20.0 Å². The van der Waals surface area contributed by atoms with Gasteiger partial charge in [-0.2, -0.15) is 5.10 Å². The first kappa shape index (κ1) is 20.3. The molecule has 0 aliphatic carbocycles. The van der Waals surface area contributed by atoms with E-state index in [-0.39, 0.29) is 11.7 Å². The molecule has 0 radical (unpaired) electrons. The highest BCUT2D eigenvalue weighted by molar-refractivity contribution is 5.95. The van der Waals surface area contributed by atoms with Crippen molar-refractivity contribution in [3.05, 3.63) is 82.9 Å². The van der Waals surface area contributed by atoms with E-state index in [9.17, 15) is 9.18 Å². The van der Waals surface area contributed by atoms with Crippen molar-refractivity contribution in [1.29, 1.82) is 0 Å². The standard InChI is InChI=1S/C23H25FN4O2/c1-17-22(15-26-28(17)21-8-6-20(24)7-9-21)23(29)25-14-18-4-2-3-5-19(18)16-27-10-12-30-13-11-27/h2-9,15H,10-14,16H2,1H3,(H,25,29). The molecule has 1 N–H and O–H groups in total. The summed E-state index contributed by atoms with van der Waals surface area (Å²) < 4.78 is 20.2. The third kappa shape index (κ3) is 4.58. The summed E-state index contributed by atoms with van der Waals surface area (Å²) in [4.78, 5) is 15.1. The lowest BCUT2D eigenvalue weighted by Crippen LogP contribution is -2.36. The number of hydrogen-bond acceptors (Lipinski definition) is 4. The van der Waals surface area contributed by atoms with E-state index in [1.165, 1.54) is 17.7 Å². The Labute approximate surface area is 175 Å². The molecule has 2 aromatic carbocycles. The van der Waals surface area contributed by atoms with Gasteiger partial charge in [-0.1, -0.05) is 24.3 Å². The minimum Gasteiger partial charge on any atom is -0.379 e. The molecule has 1 fully saturated rings. The number of amides is 1. The average molecular weight is 408 g/mol. The fourth-order valence-electron chi connectivity index (χ4n) is 3.63. The van der Waals surface area contributed by atoms with Crippen LogP contribution in [0.2, 0.25) is 0 Å². The van der Waals surface area contributed by atoms with Crippen LogP contribution < -0.4 is 5.32 Å². The third-order valence-corrected chi connectivity index (χ3v) is 5.38. The second kappa shape index (κ2) is 9.19. The van der Waals surface area contributed by atoms with Crippen LogP contribution in [-0.2, 0) is 17.8 Å². The molecule has 2 heterocycles. The number of morpholine rings is 1. The number of benzene rings is 2. The van der Waals surface area contributed by atoms with Gasteiger partial charge in [-0.05, 0) is 42.3 Å². The minimum atomic E-state index is -0.308. The molecule has 4 rings (SSSR count). The zero-order valence-electron chi connectivity index (χ0n) is 17.0. The molecule has 0 saturated carbocycles. The Balaban J connectivity index is 1.43. The van der Waals surface area contributed by atoms with Crippen LogP contribution in [0.5, 0.6) is 0 Å². The summed E-state index contributed by atoms with van der Waals surface area (Å²) in [6.45, 7) is 6.48. The maximum Gasteiger partial charge on any atom is 0.255 e. The fraction of sp³-hybridized carbons (Fsp3) is 0.304. The van der Waals surface area contributed by atoms with Crippen molar-refractivity contribution in [2.24, 2.45) is 0 Å². The van der Waals surface area contributed by atoms with Gasteiger partial charge in [0.2, 0.25) is 0 Å². The monoisotopic (exact) mass is 408 g/mol. The highest BCUT2D eigenvalue weighted by Crippen LogP contribution is 2.16. The smallest absolute Gasteiger partial charge is 0.255 e. The molecule has 30 heavy (non-hydrogen) atoms. The number of halogens is 1. The lowest BCUT2D eigenvalue weighted by molar-refractivity contribution is 0.0340. The lowest BCUT2D eigenvalue weighted by atomic mass is 10.1. The molecular formula is C23H25FN4O2. The number of hydrogen-bond donors (Lipinski definition) is 1. The predicted octanol–water partition coefficient (Wildman–Crippen LogP) is 3.08. The molecule has 0 spiro atoms. The van der Waals surface area contributed by atoms with Gasteiger partial charge in [0, 0.05) is 26.2 Å². The van der Waals surface area contributed by atoms with E-state index < -0.39 is 0 Å². The summed E-state index contributed by atoms with van der Waals surface area (Å²) in [5.41, 5.74) is 4.23. The van der Waals surface area contributed by atoms with Crippen molar-refractivity contribution >= 4 is 5.91 Å². The number of nitrogens with zero attached hydrogens (tertiary/aromatic N) is 3. The summed E-state index contributed by atoms with van der Waals surface area (Å²) in [5, 5.41) is 7.31. The van der Waals surface area contributed by atoms with Crippen LogP contribution in [0.1, 0.15) is 27.2 Å². The number of nitrogens with one attached hydrogen (secondary N) is 1. The molecule has 7 heteroatoms. The zero-order chi connectivity index (χ0) is 20.9. The first-order chi connectivity index (χ1) is 14.6. The topological polar surface area (TPSA) is 59.4 Å². The van der Waals surface area contributed by atoms with Crippen LogP contribution in [0.3, 0.4) is 0 Å². The first-order valence-electron chi connectivity index (χ1n) is 10.1. The highest BCUT2D eigenvalue weighted by atomic mass is 19.1. The number of carbonyl (C=O) groups is 1. The Hall–Kier alpha value is -3.03. The van der Waals surface area contributed by atoms with Gasteiger partial charge in [-0.3, -0.25) is 9.69 Å². The van der Waals surface area contributed by atoms with E-state index in [1.54, 1.807) is 23.0 Å². The Morgan fingerprint density at radius 2 is 1.80 bits per heavy atom. The van der Waals surface area contributed by atoms with Gasteiger partial charge < -0.3 is 10.1 Å². The molecule has 1 saturated heterocycles. The zero-order valence-corrected chi connectivity index (χ0v) is 17.0. The Morgan fingerprint density at radius 3 is 2.53 bits per heavy atom. The van der Waals surface area contributed by atoms with Crippen LogP contribution in [-0.4, -0.2) is 46.9 Å². The summed E-state index contributed by atoms with van der Waals surface area (Å²) in [6, 6.07) is 14.2. The molecule has 6 nitrogen and oxygen atoms in total. The largest absolute Gasteiger partial charge is 0.379 e. The molecule has 0 bridgehead atoms. The van der Waals surface area contributed by atoms with Gasteiger partial charge in [-0.25, -0.2) is 9.07 Å². The molecule has 1 amide bonds. The first-order valence-corrected chi connectivity index (χ1v) is 10.1. The SMILES string of the molecule is Cc1c(C(=O)NCc2ccccc2CN2CCOCC2)cnn1-c1ccc(F)cc1. The van der Waals surface area contributed by atoms with Crippen LogP contribution in [0.15, 0.2) is 54.7 Å². The van der Waals surface area contributed by atoms with E-state index in [0.717, 1.165) is 38.4 Å². The predicted molar refractivity (Wildman–Crippen MR) is 112 cm³/mol. The fourth-order valence-corrected chi connectivity index (χ4v) is 3.63. The molecule has 1 aliphatic heterocycles. The summed E-state index contributed by atoms with van der Waals surface area (Å²) in [6.07, 6.45) is 1.55. The van der Waals surface area contributed by atoms with Crippen LogP contribution in [0.4, 0.5) is 4.39 Å². The van der Waals surface area contributed by atoms with Crippen molar-refractivity contribution in [3.8, 4) is 5.69 Å². The normalized spacial score (nSPS) is 14.6. The maximum atomic E-state index is 13.2. The van der Waals surface area contributed by atoms with Crippen LogP contribution in [0.25, 0.3) is 5.69 Å². The van der Waals surface area contributed by atoms with Gasteiger partial charge in [0.05, 0.1) is 36.4 Å². The Morgan fingerprint density at radius 1 is 1.10 bits per heavy atom. The highest BCUT2D eigenvalue weighted by Gasteiger charge is 2.16. The van der Waals surface area contributed by atoms with Crippen molar-refractivity contribution in [2.75, 3.05) is 26.3 Å². The van der Waals surface area contributed by atoms with Crippen LogP contribution in [0, 0.1) is 12.7 Å². The second-order valence-electron chi connectivity index (χ2n) is 7.37. The lowest BCUT2D eigenvalue weighted by Gasteiger charge is -2.27. The van der Waals surface area contributed by atoms with E-state index in [4.69, 9.17) is 4.74 Å². The molecule has 0 atom stereocenters. The van der Waals surface area contributed by atoms with Gasteiger partial charge in [0.15, 0.2) is 0 Å². The number of ether oxygens (including phenoxy) is 1. The van der Waals surface area contributed by atoms with Gasteiger partial charge in [0.1, 0.15) is 5.82 Å². The van der Waals surface area contributed by atoms with E-state index in [1.807, 2.05) is 25.1 Å². The van der Waals surface area contributed by atoms with E-state index in [2.05, 4.69) is 21.4 Å². The Bertz CT molecular complexity index is 1010. The number of aromatic nitrogens is 2. The minimum absolute atomic E-state index is 0.179. The molecule has 1 aromatic heterocycles. The number of carbonyl (C=O) groups excluding carboxylic acids is 1. The van der Waals surface area contributed by atoms with Crippen LogP contribution >= 0.6 is 0 Å². The molecule has 3 aromatic rings. The molecular weight excluding hydrogens is 383 g/mol. The van der Waals surface area contributed by atoms with Crippen molar-refractivity contribution in [2.45, 2.75) is 20.0 Å². The van der Waals surface area contributed by atoms with E-state index >= 15 is 0 Å². The average Bonchev–Trinajstić information content (AvgIpc) is 3.15. The van der Waals surface area contributed by atoms with Gasteiger partial charge in [0.25, 0.3) is 5.91 Å². The maximum absolute atomic E-state index is 13.2. The summed E-state index contributed by atoms with van der Waals surface area (Å²) >= 11 is 0. The van der Waals surface area contributed by atoms with Gasteiger partial charge >= 0.3 is 0 Å². The van der Waals surface area contributed by atoms with Crippen molar-refractivity contribution in [3.63, 3.8) is 0 Å². The Kier molecular flexibility index (Phi) is 6.21. The van der Waals surface area contributed by atoms with Crippen molar-refractivity contribution < 1.29 is 13.9 Å². The summed E-state index contributed by atoms with van der Waals surface area (Å²) in [5.74, 6) is -0.487. The van der Waals surface area contributed by atoms with Gasteiger partial charge in [-0.15, -0.1) is 0 Å². The summed E-state index contributed by atoms with van der Waals surface area (Å²) in [7, 11) is 0. The molecule has 1 aliphatic rings. The number of rotatable bonds is 6. The molecule has 0 unspecified atom stereocenters. The molecule has 156 valence electrons. The third-order valence-electron chi connectivity index (χ3n) is 5.38. The quantitative estimate of drug-likeness (QED) is 0.681.